The lowest BCUT2D eigenvalue weighted by atomic mass is 9.76. The van der Waals surface area contributed by atoms with Crippen molar-refractivity contribution in [1.29, 1.82) is 0 Å². The van der Waals surface area contributed by atoms with E-state index in [9.17, 15) is 4.79 Å². The highest BCUT2D eigenvalue weighted by molar-refractivity contribution is 5.98. The molecule has 3 rings (SSSR count). The average Bonchev–Trinajstić information content (AvgIpc) is 2.83. The molecule has 0 aliphatic heterocycles. The van der Waals surface area contributed by atoms with Crippen LogP contribution in [0.4, 0.5) is 0 Å². The summed E-state index contributed by atoms with van der Waals surface area (Å²) in [4.78, 5) is 12.3. The molecule has 1 aromatic rings. The molecule has 0 aromatic carbocycles. The first-order valence-electron chi connectivity index (χ1n) is 7.62. The highest BCUT2D eigenvalue weighted by Gasteiger charge is 2.37. The molecule has 19 heavy (non-hydrogen) atoms. The normalized spacial score (nSPS) is 33.5. The SMILES string of the molecule is CC1CCC(n2ccc3c2CC(C)(C)CC3=O)C1C. The van der Waals surface area contributed by atoms with Gasteiger partial charge in [0.2, 0.25) is 0 Å². The number of Topliss-reactive ketones (excluding diaryl/α,β-unsaturated/α-hetero) is 1. The molecule has 104 valence electrons. The number of rotatable bonds is 1. The zero-order valence-corrected chi connectivity index (χ0v) is 12.6. The third kappa shape index (κ3) is 2.05. The lowest BCUT2D eigenvalue weighted by Crippen LogP contribution is -2.29. The van der Waals surface area contributed by atoms with E-state index in [0.717, 1.165) is 23.8 Å². The quantitative estimate of drug-likeness (QED) is 0.739. The molecular formula is C17H25NO. The molecule has 0 N–H and O–H groups in total. The zero-order chi connectivity index (χ0) is 13.8. The lowest BCUT2D eigenvalue weighted by Gasteiger charge is -2.32. The van der Waals surface area contributed by atoms with Crippen LogP contribution in [0, 0.1) is 17.3 Å². The monoisotopic (exact) mass is 259 g/mol. The van der Waals surface area contributed by atoms with E-state index < -0.39 is 0 Å². The van der Waals surface area contributed by atoms with E-state index in [1.165, 1.54) is 18.5 Å². The molecule has 3 unspecified atom stereocenters. The molecule has 2 nitrogen and oxygen atoms in total. The average molecular weight is 259 g/mol. The fourth-order valence-electron chi connectivity index (χ4n) is 4.01. The van der Waals surface area contributed by atoms with Crippen LogP contribution in [0.15, 0.2) is 12.3 Å². The fraction of sp³-hybridized carbons (Fsp3) is 0.706. The number of carbonyl (C=O) groups excluding carboxylic acids is 1. The van der Waals surface area contributed by atoms with E-state index >= 15 is 0 Å². The third-order valence-electron chi connectivity index (χ3n) is 5.39. The predicted octanol–water partition coefficient (Wildman–Crippen LogP) is 4.25. The number of hydrogen-bond acceptors (Lipinski definition) is 1. The van der Waals surface area contributed by atoms with Crippen molar-refractivity contribution in [2.24, 2.45) is 17.3 Å². The smallest absolute Gasteiger partial charge is 0.165 e. The van der Waals surface area contributed by atoms with Gasteiger partial charge in [-0.3, -0.25) is 4.79 Å². The molecule has 0 spiro atoms. The van der Waals surface area contributed by atoms with Crippen LogP contribution in [0.1, 0.15) is 69.1 Å². The van der Waals surface area contributed by atoms with Gasteiger partial charge in [0, 0.05) is 29.9 Å². The van der Waals surface area contributed by atoms with Crippen LogP contribution in [-0.4, -0.2) is 10.4 Å². The maximum absolute atomic E-state index is 12.3. The second kappa shape index (κ2) is 4.22. The maximum Gasteiger partial charge on any atom is 0.165 e. The van der Waals surface area contributed by atoms with Gasteiger partial charge in [-0.05, 0) is 42.6 Å². The number of hydrogen-bond donors (Lipinski definition) is 0. The Labute approximate surface area is 116 Å². The van der Waals surface area contributed by atoms with Crippen LogP contribution in [-0.2, 0) is 6.42 Å². The first-order chi connectivity index (χ1) is 8.89. The van der Waals surface area contributed by atoms with Crippen LogP contribution in [0.3, 0.4) is 0 Å². The fourth-order valence-corrected chi connectivity index (χ4v) is 4.01. The molecule has 2 aliphatic carbocycles. The summed E-state index contributed by atoms with van der Waals surface area (Å²) in [6, 6.07) is 2.66. The Morgan fingerprint density at radius 2 is 1.95 bits per heavy atom. The minimum absolute atomic E-state index is 0.119. The van der Waals surface area contributed by atoms with Crippen molar-refractivity contribution < 1.29 is 4.79 Å². The van der Waals surface area contributed by atoms with Gasteiger partial charge in [0.05, 0.1) is 0 Å². The zero-order valence-electron chi connectivity index (χ0n) is 12.6. The van der Waals surface area contributed by atoms with Crippen molar-refractivity contribution in [1.82, 2.24) is 4.57 Å². The molecule has 1 heterocycles. The number of aromatic nitrogens is 1. The summed E-state index contributed by atoms with van der Waals surface area (Å²) in [6.45, 7) is 9.15. The summed E-state index contributed by atoms with van der Waals surface area (Å²) in [5, 5.41) is 0. The summed E-state index contributed by atoms with van der Waals surface area (Å²) >= 11 is 0. The Bertz CT molecular complexity index is 511. The number of fused-ring (bicyclic) bond motifs is 1. The number of carbonyl (C=O) groups is 1. The highest BCUT2D eigenvalue weighted by atomic mass is 16.1. The first kappa shape index (κ1) is 13.0. The second-order valence-corrected chi connectivity index (χ2v) is 7.51. The van der Waals surface area contributed by atoms with Crippen LogP contribution in [0.5, 0.6) is 0 Å². The van der Waals surface area contributed by atoms with E-state index in [4.69, 9.17) is 0 Å². The Morgan fingerprint density at radius 3 is 2.58 bits per heavy atom. The van der Waals surface area contributed by atoms with Crippen LogP contribution in [0.25, 0.3) is 0 Å². The Morgan fingerprint density at radius 1 is 1.21 bits per heavy atom. The summed E-state index contributed by atoms with van der Waals surface area (Å²) in [5.74, 6) is 1.86. The van der Waals surface area contributed by atoms with Crippen LogP contribution < -0.4 is 0 Å². The van der Waals surface area contributed by atoms with Crippen molar-refractivity contribution in [3.05, 3.63) is 23.5 Å². The standard InChI is InChI=1S/C17H25NO/c1-11-5-6-14(12(11)2)18-8-7-13-15(18)9-17(3,4)10-16(13)19/h7-8,11-12,14H,5-6,9-10H2,1-4H3. The number of nitrogens with zero attached hydrogens (tertiary/aromatic N) is 1. The van der Waals surface area contributed by atoms with E-state index in [-0.39, 0.29) is 5.41 Å². The van der Waals surface area contributed by atoms with Crippen molar-refractivity contribution >= 4 is 5.78 Å². The third-order valence-corrected chi connectivity index (χ3v) is 5.39. The van der Waals surface area contributed by atoms with E-state index in [2.05, 4.69) is 44.5 Å². The van der Waals surface area contributed by atoms with Gasteiger partial charge in [-0.1, -0.05) is 27.7 Å². The largest absolute Gasteiger partial charge is 0.347 e. The van der Waals surface area contributed by atoms with Gasteiger partial charge in [-0.25, -0.2) is 0 Å². The summed E-state index contributed by atoms with van der Waals surface area (Å²) in [6.07, 6.45) is 6.48. The molecular weight excluding hydrogens is 234 g/mol. The molecule has 2 heteroatoms. The summed E-state index contributed by atoms with van der Waals surface area (Å²) in [7, 11) is 0. The molecule has 1 aromatic heterocycles. The Balaban J connectivity index is 2.00. The van der Waals surface area contributed by atoms with E-state index in [1.807, 2.05) is 0 Å². The topological polar surface area (TPSA) is 22.0 Å². The molecule has 2 aliphatic rings. The first-order valence-corrected chi connectivity index (χ1v) is 7.62. The van der Waals surface area contributed by atoms with Gasteiger partial charge in [0.25, 0.3) is 0 Å². The molecule has 3 atom stereocenters. The van der Waals surface area contributed by atoms with Gasteiger partial charge in [-0.2, -0.15) is 0 Å². The molecule has 0 radical (unpaired) electrons. The van der Waals surface area contributed by atoms with Crippen molar-refractivity contribution in [2.45, 2.75) is 59.4 Å². The summed E-state index contributed by atoms with van der Waals surface area (Å²) in [5.41, 5.74) is 2.41. The van der Waals surface area contributed by atoms with Crippen molar-refractivity contribution in [2.75, 3.05) is 0 Å². The predicted molar refractivity (Wildman–Crippen MR) is 77.5 cm³/mol. The minimum atomic E-state index is 0.119. The molecule has 1 fully saturated rings. The Hall–Kier alpha value is -1.05. The molecule has 0 amide bonds. The highest BCUT2D eigenvalue weighted by Crippen LogP contribution is 2.43. The van der Waals surface area contributed by atoms with E-state index in [0.29, 0.717) is 18.2 Å². The molecule has 1 saturated carbocycles. The van der Waals surface area contributed by atoms with Gasteiger partial charge < -0.3 is 4.57 Å². The van der Waals surface area contributed by atoms with Crippen LogP contribution in [0.2, 0.25) is 0 Å². The van der Waals surface area contributed by atoms with Crippen LogP contribution >= 0.6 is 0 Å². The molecule has 0 saturated heterocycles. The second-order valence-electron chi connectivity index (χ2n) is 7.51. The van der Waals surface area contributed by atoms with Gasteiger partial charge >= 0.3 is 0 Å². The lowest BCUT2D eigenvalue weighted by molar-refractivity contribution is 0.0908. The van der Waals surface area contributed by atoms with Crippen molar-refractivity contribution in [3.63, 3.8) is 0 Å². The number of ketones is 1. The maximum atomic E-state index is 12.3. The molecule has 0 bridgehead atoms. The van der Waals surface area contributed by atoms with Gasteiger partial charge in [-0.15, -0.1) is 0 Å². The Kier molecular flexibility index (Phi) is 2.88. The summed E-state index contributed by atoms with van der Waals surface area (Å²) < 4.78 is 2.43. The van der Waals surface area contributed by atoms with E-state index in [1.54, 1.807) is 0 Å². The van der Waals surface area contributed by atoms with Gasteiger partial charge in [0.15, 0.2) is 5.78 Å². The minimum Gasteiger partial charge on any atom is -0.347 e. The van der Waals surface area contributed by atoms with Crippen molar-refractivity contribution in [3.8, 4) is 0 Å². The van der Waals surface area contributed by atoms with Gasteiger partial charge in [0.1, 0.15) is 0 Å².